The molecule has 1 aliphatic rings. The van der Waals surface area contributed by atoms with E-state index in [4.69, 9.17) is 0 Å². The Morgan fingerprint density at radius 1 is 1.24 bits per heavy atom. The number of halogens is 1. The van der Waals surface area contributed by atoms with E-state index in [0.29, 0.717) is 25.4 Å². The molecule has 29 heavy (non-hydrogen) atoms. The molecule has 1 aromatic carbocycles. The molecule has 158 valence electrons. The van der Waals surface area contributed by atoms with Crippen molar-refractivity contribution in [2.45, 2.75) is 39.3 Å². The first-order chi connectivity index (χ1) is 13.6. The van der Waals surface area contributed by atoms with Crippen molar-refractivity contribution in [3.63, 3.8) is 0 Å². The van der Waals surface area contributed by atoms with Gasteiger partial charge >= 0.3 is 0 Å². The maximum absolute atomic E-state index is 11.8. The summed E-state index contributed by atoms with van der Waals surface area (Å²) in [6.07, 6.45) is 2.75. The Balaban J connectivity index is 0.00000300. The fraction of sp³-hybridized carbons (Fsp3) is 0.455. The van der Waals surface area contributed by atoms with Gasteiger partial charge in [0.2, 0.25) is 5.91 Å². The molecule has 1 unspecified atom stereocenters. The van der Waals surface area contributed by atoms with Crippen molar-refractivity contribution in [2.75, 3.05) is 20.1 Å². The molecule has 1 aliphatic heterocycles. The highest BCUT2D eigenvalue weighted by molar-refractivity contribution is 14.0. The number of nitrogens with zero attached hydrogens (tertiary/aromatic N) is 2. The number of likely N-dealkylation sites (tertiary alicyclic amines) is 1. The van der Waals surface area contributed by atoms with Gasteiger partial charge in [-0.1, -0.05) is 37.3 Å². The molecule has 7 heteroatoms. The molecule has 0 saturated carbocycles. The van der Waals surface area contributed by atoms with Gasteiger partial charge < -0.3 is 15.5 Å². The fourth-order valence-electron chi connectivity index (χ4n) is 3.45. The van der Waals surface area contributed by atoms with E-state index >= 15 is 0 Å². The zero-order chi connectivity index (χ0) is 19.8. The highest BCUT2D eigenvalue weighted by Crippen LogP contribution is 2.15. The van der Waals surface area contributed by atoms with E-state index in [1.165, 1.54) is 16.0 Å². The minimum atomic E-state index is 0. The van der Waals surface area contributed by atoms with E-state index in [-0.39, 0.29) is 29.9 Å². The summed E-state index contributed by atoms with van der Waals surface area (Å²) in [4.78, 5) is 19.5. The van der Waals surface area contributed by atoms with E-state index in [1.54, 1.807) is 7.05 Å². The lowest BCUT2D eigenvalue weighted by Crippen LogP contribution is -2.39. The number of thiophene rings is 1. The zero-order valence-electron chi connectivity index (χ0n) is 17.2. The average Bonchev–Trinajstić information content (AvgIpc) is 3.34. The van der Waals surface area contributed by atoms with Crippen molar-refractivity contribution in [1.82, 2.24) is 15.5 Å². The van der Waals surface area contributed by atoms with Gasteiger partial charge in [0.25, 0.3) is 0 Å². The summed E-state index contributed by atoms with van der Waals surface area (Å²) in [5, 5.41) is 8.94. The molecular formula is C22H31IN4OS. The van der Waals surface area contributed by atoms with Gasteiger partial charge in [-0.25, -0.2) is 0 Å². The number of hydrogen-bond acceptors (Lipinski definition) is 3. The van der Waals surface area contributed by atoms with Crippen LogP contribution in [0.3, 0.4) is 0 Å². The molecule has 1 aromatic heterocycles. The summed E-state index contributed by atoms with van der Waals surface area (Å²) in [6.45, 7) is 5.43. The first-order valence-corrected chi connectivity index (χ1v) is 10.8. The van der Waals surface area contributed by atoms with Gasteiger partial charge in [-0.15, -0.1) is 35.3 Å². The highest BCUT2D eigenvalue weighted by atomic mass is 127. The predicted octanol–water partition coefficient (Wildman–Crippen LogP) is 4.03. The number of hydrogen-bond donors (Lipinski definition) is 2. The number of carbonyl (C=O) groups excluding carboxylic acids is 1. The number of guanidine groups is 1. The quantitative estimate of drug-likeness (QED) is 0.310. The molecule has 3 rings (SSSR count). The van der Waals surface area contributed by atoms with Gasteiger partial charge in [-0.2, -0.15) is 0 Å². The summed E-state index contributed by atoms with van der Waals surface area (Å²) in [7, 11) is 1.80. The van der Waals surface area contributed by atoms with E-state index in [1.807, 2.05) is 16.2 Å². The lowest BCUT2D eigenvalue weighted by molar-refractivity contribution is -0.128. The number of benzene rings is 1. The van der Waals surface area contributed by atoms with Crippen molar-refractivity contribution in [3.8, 4) is 0 Å². The smallest absolute Gasteiger partial charge is 0.222 e. The van der Waals surface area contributed by atoms with Crippen LogP contribution < -0.4 is 10.6 Å². The second-order valence-electron chi connectivity index (χ2n) is 7.43. The third-order valence-electron chi connectivity index (χ3n) is 4.97. The molecule has 2 aromatic rings. The van der Waals surface area contributed by atoms with Crippen LogP contribution in [0.1, 0.15) is 35.8 Å². The summed E-state index contributed by atoms with van der Waals surface area (Å²) < 4.78 is 0. The van der Waals surface area contributed by atoms with Gasteiger partial charge in [0.15, 0.2) is 5.96 Å². The van der Waals surface area contributed by atoms with Crippen molar-refractivity contribution in [2.24, 2.45) is 10.9 Å². The number of nitrogens with one attached hydrogen (secondary N) is 2. The Hall–Kier alpha value is -1.61. The number of aliphatic imine (C=N–C) groups is 1. The maximum atomic E-state index is 11.8. The van der Waals surface area contributed by atoms with E-state index in [0.717, 1.165) is 31.9 Å². The van der Waals surface area contributed by atoms with Gasteiger partial charge in [-0.3, -0.25) is 9.79 Å². The number of amides is 1. The fourth-order valence-corrected chi connectivity index (χ4v) is 4.32. The lowest BCUT2D eigenvalue weighted by Gasteiger charge is -2.17. The van der Waals surface area contributed by atoms with Crippen LogP contribution >= 0.6 is 35.3 Å². The molecule has 0 spiro atoms. The van der Waals surface area contributed by atoms with Crippen molar-refractivity contribution >= 4 is 47.2 Å². The Morgan fingerprint density at radius 2 is 2.07 bits per heavy atom. The standard InChI is InChI=1S/C22H30N4OS.HI/c1-17(12-20-8-5-11-28-20)14-24-22(23-2)25-15-18-6-3-7-19(13-18)16-26-10-4-9-21(26)27;/h3,5-8,11,13,17H,4,9-10,12,14-16H2,1-2H3,(H2,23,24,25);1H. The molecule has 0 aliphatic carbocycles. The van der Waals surface area contributed by atoms with Crippen molar-refractivity contribution < 1.29 is 4.79 Å². The van der Waals surface area contributed by atoms with Crippen LogP contribution in [0.15, 0.2) is 46.8 Å². The summed E-state index contributed by atoms with van der Waals surface area (Å²) in [6, 6.07) is 12.7. The van der Waals surface area contributed by atoms with E-state index < -0.39 is 0 Å². The predicted molar refractivity (Wildman–Crippen MR) is 132 cm³/mol. The van der Waals surface area contributed by atoms with Crippen LogP contribution in [0.5, 0.6) is 0 Å². The first kappa shape index (κ1) is 23.7. The summed E-state index contributed by atoms with van der Waals surface area (Å²) >= 11 is 1.81. The molecule has 0 radical (unpaired) electrons. The van der Waals surface area contributed by atoms with Crippen LogP contribution in [0, 0.1) is 5.92 Å². The second-order valence-corrected chi connectivity index (χ2v) is 8.47. The molecule has 5 nitrogen and oxygen atoms in total. The third kappa shape index (κ3) is 7.62. The second kappa shape index (κ2) is 12.2. The Labute approximate surface area is 195 Å². The number of rotatable bonds is 8. The van der Waals surface area contributed by atoms with E-state index in [9.17, 15) is 4.79 Å². The lowest BCUT2D eigenvalue weighted by atomic mass is 10.1. The van der Waals surface area contributed by atoms with E-state index in [2.05, 4.69) is 64.3 Å². The normalized spacial score (nSPS) is 15.2. The van der Waals surface area contributed by atoms with Gasteiger partial charge in [0, 0.05) is 44.5 Å². The van der Waals surface area contributed by atoms with Crippen LogP contribution in [-0.4, -0.2) is 36.9 Å². The Bertz CT molecular complexity index is 794. The van der Waals surface area contributed by atoms with Crippen LogP contribution in [0.25, 0.3) is 0 Å². The van der Waals surface area contributed by atoms with Crippen LogP contribution in [-0.2, 0) is 24.3 Å². The topological polar surface area (TPSA) is 56.7 Å². The Morgan fingerprint density at radius 3 is 2.76 bits per heavy atom. The molecule has 1 atom stereocenters. The first-order valence-electron chi connectivity index (χ1n) is 9.96. The van der Waals surface area contributed by atoms with Crippen LogP contribution in [0.2, 0.25) is 0 Å². The SMILES string of the molecule is CN=C(NCc1cccc(CN2CCCC2=O)c1)NCC(C)Cc1cccs1.I. The van der Waals surface area contributed by atoms with Gasteiger partial charge in [0.1, 0.15) is 0 Å². The number of carbonyl (C=O) groups is 1. The molecule has 0 bridgehead atoms. The highest BCUT2D eigenvalue weighted by Gasteiger charge is 2.19. The monoisotopic (exact) mass is 526 g/mol. The maximum Gasteiger partial charge on any atom is 0.222 e. The molecule has 1 amide bonds. The summed E-state index contributed by atoms with van der Waals surface area (Å²) in [5.41, 5.74) is 2.38. The molecular weight excluding hydrogens is 495 g/mol. The largest absolute Gasteiger partial charge is 0.356 e. The van der Waals surface area contributed by atoms with Gasteiger partial charge in [0.05, 0.1) is 0 Å². The molecule has 2 N–H and O–H groups in total. The molecule has 1 saturated heterocycles. The van der Waals surface area contributed by atoms with Gasteiger partial charge in [-0.05, 0) is 41.3 Å². The van der Waals surface area contributed by atoms with Crippen molar-refractivity contribution in [3.05, 3.63) is 57.8 Å². The molecule has 2 heterocycles. The Kier molecular flexibility index (Phi) is 9.93. The minimum absolute atomic E-state index is 0. The van der Waals surface area contributed by atoms with Crippen LogP contribution in [0.4, 0.5) is 0 Å². The summed E-state index contributed by atoms with van der Waals surface area (Å²) in [5.74, 6) is 1.63. The van der Waals surface area contributed by atoms with Crippen molar-refractivity contribution in [1.29, 1.82) is 0 Å². The minimum Gasteiger partial charge on any atom is -0.356 e. The molecule has 1 fully saturated rings. The average molecular weight is 526 g/mol. The zero-order valence-corrected chi connectivity index (χ0v) is 20.3. The third-order valence-corrected chi connectivity index (χ3v) is 5.87.